The van der Waals surface area contributed by atoms with E-state index in [9.17, 15) is 4.79 Å². The molecule has 1 rings (SSSR count). The van der Waals surface area contributed by atoms with Gasteiger partial charge < -0.3 is 14.2 Å². The molecule has 0 bridgehead atoms. The van der Waals surface area contributed by atoms with Crippen molar-refractivity contribution in [2.45, 2.75) is 26.4 Å². The molecule has 0 spiro atoms. The fraction of sp³-hybridized carbons (Fsp3) is 0.538. The summed E-state index contributed by atoms with van der Waals surface area (Å²) in [6, 6.07) is 3.12. The van der Waals surface area contributed by atoms with E-state index in [1.165, 1.54) is 13.3 Å². The molecule has 0 aliphatic carbocycles. The minimum atomic E-state index is -0.409. The maximum absolute atomic E-state index is 11.3. The minimum Gasteiger partial charge on any atom is -0.475 e. The van der Waals surface area contributed by atoms with Crippen LogP contribution in [0, 0.1) is 0 Å². The van der Waals surface area contributed by atoms with Crippen molar-refractivity contribution in [3.63, 3.8) is 0 Å². The summed E-state index contributed by atoms with van der Waals surface area (Å²) in [6.45, 7) is 6.78. The fourth-order valence-electron chi connectivity index (χ4n) is 1.23. The lowest BCUT2D eigenvalue weighted by molar-refractivity contribution is -0.0168. The molecule has 0 aromatic carbocycles. The van der Waals surface area contributed by atoms with E-state index in [1.807, 2.05) is 20.8 Å². The second-order valence-corrected chi connectivity index (χ2v) is 4.68. The molecule has 0 atom stereocenters. The Morgan fingerprint density at radius 3 is 2.67 bits per heavy atom. The maximum Gasteiger partial charge on any atom is 0.338 e. The Labute approximate surface area is 107 Å². The molecule has 18 heavy (non-hydrogen) atoms. The van der Waals surface area contributed by atoms with E-state index < -0.39 is 5.97 Å². The summed E-state index contributed by atoms with van der Waals surface area (Å²) in [7, 11) is 1.33. The standard InChI is InChI=1S/C13H19NO4/c1-13(2,3)18-8-7-17-11-9-10(5-6-14-11)12(15)16-4/h5-6,9H,7-8H2,1-4H3. The third-order valence-corrected chi connectivity index (χ3v) is 2.02. The van der Waals surface area contributed by atoms with Crippen molar-refractivity contribution in [3.05, 3.63) is 23.9 Å². The number of hydrogen-bond acceptors (Lipinski definition) is 5. The third-order valence-electron chi connectivity index (χ3n) is 2.02. The fourth-order valence-corrected chi connectivity index (χ4v) is 1.23. The van der Waals surface area contributed by atoms with Crippen LogP contribution in [0.5, 0.6) is 5.88 Å². The topological polar surface area (TPSA) is 57.7 Å². The second kappa shape index (κ2) is 6.35. The van der Waals surface area contributed by atoms with Crippen LogP contribution in [0.25, 0.3) is 0 Å². The van der Waals surface area contributed by atoms with Crippen molar-refractivity contribution >= 4 is 5.97 Å². The Morgan fingerprint density at radius 2 is 2.06 bits per heavy atom. The lowest BCUT2D eigenvalue weighted by Gasteiger charge is -2.19. The van der Waals surface area contributed by atoms with E-state index in [0.717, 1.165) is 0 Å². The summed E-state index contributed by atoms with van der Waals surface area (Å²) in [5.74, 6) is -0.0244. The van der Waals surface area contributed by atoms with Crippen LogP contribution < -0.4 is 4.74 Å². The average Bonchev–Trinajstić information content (AvgIpc) is 2.33. The lowest BCUT2D eigenvalue weighted by atomic mass is 10.2. The van der Waals surface area contributed by atoms with E-state index in [1.54, 1.807) is 12.1 Å². The molecule has 5 heteroatoms. The van der Waals surface area contributed by atoms with Crippen molar-refractivity contribution in [2.75, 3.05) is 20.3 Å². The van der Waals surface area contributed by atoms with Crippen LogP contribution in [0.1, 0.15) is 31.1 Å². The molecule has 5 nitrogen and oxygen atoms in total. The van der Waals surface area contributed by atoms with Gasteiger partial charge >= 0.3 is 5.97 Å². The number of nitrogens with zero attached hydrogens (tertiary/aromatic N) is 1. The molecule has 1 heterocycles. The van der Waals surface area contributed by atoms with Gasteiger partial charge in [0, 0.05) is 12.3 Å². The highest BCUT2D eigenvalue weighted by Gasteiger charge is 2.10. The van der Waals surface area contributed by atoms with Crippen molar-refractivity contribution in [2.24, 2.45) is 0 Å². The Hall–Kier alpha value is -1.62. The van der Waals surface area contributed by atoms with Gasteiger partial charge in [-0.25, -0.2) is 9.78 Å². The van der Waals surface area contributed by atoms with Crippen LogP contribution in [0.4, 0.5) is 0 Å². The predicted octanol–water partition coefficient (Wildman–Crippen LogP) is 2.06. The maximum atomic E-state index is 11.3. The average molecular weight is 253 g/mol. The summed E-state index contributed by atoms with van der Waals surface area (Å²) in [5, 5.41) is 0. The third kappa shape index (κ3) is 5.14. The first-order chi connectivity index (χ1) is 8.42. The Balaban J connectivity index is 2.45. The van der Waals surface area contributed by atoms with Gasteiger partial charge in [-0.15, -0.1) is 0 Å². The Morgan fingerprint density at radius 1 is 1.33 bits per heavy atom. The monoisotopic (exact) mass is 253 g/mol. The van der Waals surface area contributed by atoms with E-state index in [4.69, 9.17) is 9.47 Å². The molecule has 0 amide bonds. The number of esters is 1. The van der Waals surface area contributed by atoms with Crippen LogP contribution >= 0.6 is 0 Å². The normalized spacial score (nSPS) is 11.1. The zero-order valence-electron chi connectivity index (χ0n) is 11.2. The number of carbonyl (C=O) groups is 1. The molecular formula is C13H19NO4. The summed E-state index contributed by atoms with van der Waals surface area (Å²) < 4.78 is 15.5. The molecular weight excluding hydrogens is 234 g/mol. The van der Waals surface area contributed by atoms with Gasteiger partial charge in [0.1, 0.15) is 6.61 Å². The van der Waals surface area contributed by atoms with E-state index in [-0.39, 0.29) is 5.60 Å². The van der Waals surface area contributed by atoms with Gasteiger partial charge in [-0.3, -0.25) is 0 Å². The van der Waals surface area contributed by atoms with Crippen molar-refractivity contribution in [1.82, 2.24) is 4.98 Å². The summed E-state index contributed by atoms with van der Waals surface area (Å²) in [4.78, 5) is 15.3. The zero-order chi connectivity index (χ0) is 13.6. The van der Waals surface area contributed by atoms with E-state index >= 15 is 0 Å². The SMILES string of the molecule is COC(=O)c1ccnc(OCCOC(C)(C)C)c1. The quantitative estimate of drug-likeness (QED) is 0.594. The zero-order valence-corrected chi connectivity index (χ0v) is 11.2. The number of carbonyl (C=O) groups excluding carboxylic acids is 1. The number of hydrogen-bond donors (Lipinski definition) is 0. The van der Waals surface area contributed by atoms with Gasteiger partial charge in [-0.1, -0.05) is 0 Å². The molecule has 0 N–H and O–H groups in total. The highest BCUT2D eigenvalue weighted by Crippen LogP contribution is 2.11. The van der Waals surface area contributed by atoms with E-state index in [2.05, 4.69) is 9.72 Å². The van der Waals surface area contributed by atoms with Crippen LogP contribution in [0.3, 0.4) is 0 Å². The molecule has 100 valence electrons. The van der Waals surface area contributed by atoms with E-state index in [0.29, 0.717) is 24.7 Å². The highest BCUT2D eigenvalue weighted by molar-refractivity contribution is 5.89. The number of pyridine rings is 1. The van der Waals surface area contributed by atoms with Crippen molar-refractivity contribution in [1.29, 1.82) is 0 Å². The van der Waals surface area contributed by atoms with Gasteiger partial charge in [-0.2, -0.15) is 0 Å². The molecule has 0 fully saturated rings. The highest BCUT2D eigenvalue weighted by atomic mass is 16.5. The Bertz CT molecular complexity index is 398. The first kappa shape index (κ1) is 14.4. The van der Waals surface area contributed by atoms with Gasteiger partial charge in [0.2, 0.25) is 5.88 Å². The molecule has 0 saturated heterocycles. The van der Waals surface area contributed by atoms with Crippen LogP contribution in [0.15, 0.2) is 18.3 Å². The number of methoxy groups -OCH3 is 1. The van der Waals surface area contributed by atoms with Crippen LogP contribution in [-0.4, -0.2) is 36.9 Å². The molecule has 0 saturated carbocycles. The summed E-state index contributed by atoms with van der Waals surface area (Å²) >= 11 is 0. The van der Waals surface area contributed by atoms with Crippen molar-refractivity contribution in [3.8, 4) is 5.88 Å². The molecule has 0 aliphatic rings. The van der Waals surface area contributed by atoms with Crippen LogP contribution in [0.2, 0.25) is 0 Å². The summed E-state index contributed by atoms with van der Waals surface area (Å²) in [6.07, 6.45) is 1.51. The van der Waals surface area contributed by atoms with Gasteiger partial charge in [-0.05, 0) is 26.8 Å². The largest absolute Gasteiger partial charge is 0.475 e. The molecule has 1 aromatic rings. The van der Waals surface area contributed by atoms with Gasteiger partial charge in [0.15, 0.2) is 0 Å². The molecule has 0 unspecified atom stereocenters. The van der Waals surface area contributed by atoms with Crippen molar-refractivity contribution < 1.29 is 19.0 Å². The smallest absolute Gasteiger partial charge is 0.338 e. The predicted molar refractivity (Wildman–Crippen MR) is 66.8 cm³/mol. The number of rotatable bonds is 5. The van der Waals surface area contributed by atoms with Gasteiger partial charge in [0.05, 0.1) is 24.9 Å². The van der Waals surface area contributed by atoms with Gasteiger partial charge in [0.25, 0.3) is 0 Å². The Kier molecular flexibility index (Phi) is 5.09. The molecule has 0 radical (unpaired) electrons. The number of ether oxygens (including phenoxy) is 3. The van der Waals surface area contributed by atoms with Crippen LogP contribution in [-0.2, 0) is 9.47 Å². The first-order valence-electron chi connectivity index (χ1n) is 5.73. The first-order valence-corrected chi connectivity index (χ1v) is 5.73. The summed E-state index contributed by atoms with van der Waals surface area (Å²) in [5.41, 5.74) is 0.226. The second-order valence-electron chi connectivity index (χ2n) is 4.68. The molecule has 0 aliphatic heterocycles. The molecule has 1 aromatic heterocycles. The lowest BCUT2D eigenvalue weighted by Crippen LogP contribution is -2.22. The minimum absolute atomic E-state index is 0.190. The number of aromatic nitrogens is 1.